The van der Waals surface area contributed by atoms with Gasteiger partial charge in [-0.1, -0.05) is 13.0 Å². The lowest BCUT2D eigenvalue weighted by atomic mass is 9.80. The number of hydrogen-bond acceptors (Lipinski definition) is 2. The monoisotopic (exact) mass is 247 g/mol. The van der Waals surface area contributed by atoms with Crippen molar-refractivity contribution in [2.75, 3.05) is 13.2 Å². The summed E-state index contributed by atoms with van der Waals surface area (Å²) in [6, 6.07) is 3.49. The molecule has 0 aromatic heterocycles. The molecule has 1 unspecified atom stereocenters. The Labute approximate surface area is 98.3 Å². The van der Waals surface area contributed by atoms with Gasteiger partial charge >= 0.3 is 6.18 Å². The van der Waals surface area contributed by atoms with Gasteiger partial charge in [-0.3, -0.25) is 0 Å². The van der Waals surface area contributed by atoms with Crippen molar-refractivity contribution < 1.29 is 18.3 Å². The summed E-state index contributed by atoms with van der Waals surface area (Å²) < 4.78 is 37.5. The highest BCUT2D eigenvalue weighted by Gasteiger charge is 2.32. The quantitative estimate of drug-likeness (QED) is 0.860. The summed E-state index contributed by atoms with van der Waals surface area (Å²) in [5.41, 5.74) is 5.31. The van der Waals surface area contributed by atoms with E-state index in [4.69, 9.17) is 5.73 Å². The zero-order chi connectivity index (χ0) is 13.3. The summed E-state index contributed by atoms with van der Waals surface area (Å²) in [7, 11) is 0. The zero-order valence-electron chi connectivity index (χ0n) is 9.80. The van der Waals surface area contributed by atoms with E-state index in [-0.39, 0.29) is 13.2 Å². The van der Waals surface area contributed by atoms with Crippen LogP contribution >= 0.6 is 0 Å². The Morgan fingerprint density at radius 1 is 1.29 bits per heavy atom. The molecule has 1 atom stereocenters. The van der Waals surface area contributed by atoms with Gasteiger partial charge in [0.05, 0.1) is 12.2 Å². The van der Waals surface area contributed by atoms with Crippen molar-refractivity contribution in [3.63, 3.8) is 0 Å². The van der Waals surface area contributed by atoms with E-state index in [1.165, 1.54) is 6.07 Å². The van der Waals surface area contributed by atoms with E-state index in [2.05, 4.69) is 0 Å². The average Bonchev–Trinajstić information content (AvgIpc) is 2.26. The van der Waals surface area contributed by atoms with Crippen molar-refractivity contribution in [2.24, 2.45) is 5.73 Å². The zero-order valence-corrected chi connectivity index (χ0v) is 9.80. The van der Waals surface area contributed by atoms with Crippen LogP contribution in [0.3, 0.4) is 0 Å². The minimum Gasteiger partial charge on any atom is -0.395 e. The Morgan fingerprint density at radius 2 is 1.88 bits per heavy atom. The third-order valence-electron chi connectivity index (χ3n) is 3.00. The Balaban J connectivity index is 3.23. The first-order valence-corrected chi connectivity index (χ1v) is 5.24. The fourth-order valence-electron chi connectivity index (χ4n) is 1.78. The molecular formula is C12H16F3NO. The molecule has 2 nitrogen and oxygen atoms in total. The van der Waals surface area contributed by atoms with Gasteiger partial charge < -0.3 is 10.8 Å². The Hall–Kier alpha value is -1.07. The van der Waals surface area contributed by atoms with Gasteiger partial charge in [-0.2, -0.15) is 13.2 Å². The first-order chi connectivity index (χ1) is 7.74. The summed E-state index contributed by atoms with van der Waals surface area (Å²) in [4.78, 5) is 0. The topological polar surface area (TPSA) is 46.2 Å². The summed E-state index contributed by atoms with van der Waals surface area (Å²) in [6.07, 6.45) is -4.35. The lowest BCUT2D eigenvalue weighted by Crippen LogP contribution is -2.36. The van der Waals surface area contributed by atoms with Gasteiger partial charge in [0, 0.05) is 12.0 Å². The third-order valence-corrected chi connectivity index (χ3v) is 3.00. The summed E-state index contributed by atoms with van der Waals surface area (Å²) in [6.45, 7) is 3.29. The van der Waals surface area contributed by atoms with Gasteiger partial charge in [-0.25, -0.2) is 0 Å². The number of alkyl halides is 3. The number of aliphatic hydroxyl groups is 1. The van der Waals surface area contributed by atoms with Crippen molar-refractivity contribution in [3.8, 4) is 0 Å². The summed E-state index contributed by atoms with van der Waals surface area (Å²) in [5, 5.41) is 9.29. The molecule has 3 N–H and O–H groups in total. The molecule has 0 aliphatic rings. The smallest absolute Gasteiger partial charge is 0.395 e. The highest BCUT2D eigenvalue weighted by Crippen LogP contribution is 2.33. The van der Waals surface area contributed by atoms with Crippen molar-refractivity contribution in [3.05, 3.63) is 34.9 Å². The molecular weight excluding hydrogens is 231 g/mol. The van der Waals surface area contributed by atoms with E-state index in [0.717, 1.165) is 12.1 Å². The molecule has 0 heterocycles. The SMILES string of the molecule is Cc1cc(C(F)(F)F)ccc1C(C)(CN)CO. The van der Waals surface area contributed by atoms with Crippen LogP contribution in [0.2, 0.25) is 0 Å². The molecule has 0 aliphatic carbocycles. The largest absolute Gasteiger partial charge is 0.416 e. The van der Waals surface area contributed by atoms with Crippen molar-refractivity contribution in [1.29, 1.82) is 0 Å². The van der Waals surface area contributed by atoms with Gasteiger partial charge in [0.15, 0.2) is 0 Å². The summed E-state index contributed by atoms with van der Waals surface area (Å²) in [5.74, 6) is 0. The van der Waals surface area contributed by atoms with Crippen LogP contribution in [-0.2, 0) is 11.6 Å². The van der Waals surface area contributed by atoms with Crippen LogP contribution < -0.4 is 5.73 Å². The van der Waals surface area contributed by atoms with E-state index in [0.29, 0.717) is 11.1 Å². The maximum absolute atomic E-state index is 12.5. The molecule has 0 radical (unpaired) electrons. The number of rotatable bonds is 3. The number of halogens is 3. The van der Waals surface area contributed by atoms with Gasteiger partial charge in [0.2, 0.25) is 0 Å². The third kappa shape index (κ3) is 2.79. The van der Waals surface area contributed by atoms with E-state index >= 15 is 0 Å². The first kappa shape index (κ1) is 14.0. The second-order valence-corrected chi connectivity index (χ2v) is 4.45. The molecule has 1 aromatic rings. The minimum atomic E-state index is -4.35. The van der Waals surface area contributed by atoms with Crippen LogP contribution in [-0.4, -0.2) is 18.3 Å². The number of benzene rings is 1. The molecule has 0 fully saturated rings. The van der Waals surface area contributed by atoms with Crippen LogP contribution in [0, 0.1) is 6.92 Å². The number of aliphatic hydroxyl groups excluding tert-OH is 1. The second-order valence-electron chi connectivity index (χ2n) is 4.45. The predicted octanol–water partition coefficient (Wildman–Crippen LogP) is 2.22. The fourth-order valence-corrected chi connectivity index (χ4v) is 1.78. The van der Waals surface area contributed by atoms with Crippen molar-refractivity contribution in [1.82, 2.24) is 0 Å². The van der Waals surface area contributed by atoms with E-state index < -0.39 is 17.2 Å². The fraction of sp³-hybridized carbons (Fsp3) is 0.500. The number of aryl methyl sites for hydroxylation is 1. The second kappa shape index (κ2) is 4.66. The molecule has 96 valence electrons. The highest BCUT2D eigenvalue weighted by atomic mass is 19.4. The van der Waals surface area contributed by atoms with E-state index in [1.54, 1.807) is 13.8 Å². The highest BCUT2D eigenvalue weighted by molar-refractivity contribution is 5.37. The van der Waals surface area contributed by atoms with Crippen LogP contribution in [0.15, 0.2) is 18.2 Å². The molecule has 0 saturated carbocycles. The average molecular weight is 247 g/mol. The normalized spacial score (nSPS) is 15.7. The standard InChI is InChI=1S/C12H16F3NO/c1-8-5-9(12(13,14)15)3-4-10(8)11(2,6-16)7-17/h3-5,17H,6-7,16H2,1-2H3. The van der Waals surface area contributed by atoms with Crippen molar-refractivity contribution >= 4 is 0 Å². The molecule has 0 saturated heterocycles. The molecule has 0 spiro atoms. The van der Waals surface area contributed by atoms with Gasteiger partial charge in [-0.05, 0) is 30.2 Å². The summed E-state index contributed by atoms with van der Waals surface area (Å²) >= 11 is 0. The Morgan fingerprint density at radius 3 is 2.24 bits per heavy atom. The van der Waals surface area contributed by atoms with E-state index in [1.807, 2.05) is 0 Å². The molecule has 0 amide bonds. The number of nitrogens with two attached hydrogens (primary N) is 1. The first-order valence-electron chi connectivity index (χ1n) is 5.24. The molecule has 1 aromatic carbocycles. The Bertz CT molecular complexity index is 397. The Kier molecular flexibility index (Phi) is 3.84. The molecule has 1 rings (SSSR count). The van der Waals surface area contributed by atoms with Gasteiger partial charge in [-0.15, -0.1) is 0 Å². The molecule has 5 heteroatoms. The minimum absolute atomic E-state index is 0.176. The molecule has 17 heavy (non-hydrogen) atoms. The van der Waals surface area contributed by atoms with Gasteiger partial charge in [0.1, 0.15) is 0 Å². The van der Waals surface area contributed by atoms with E-state index in [9.17, 15) is 18.3 Å². The predicted molar refractivity (Wildman–Crippen MR) is 59.7 cm³/mol. The van der Waals surface area contributed by atoms with Crippen LogP contribution in [0.1, 0.15) is 23.6 Å². The molecule has 0 aliphatic heterocycles. The van der Waals surface area contributed by atoms with Crippen LogP contribution in [0.5, 0.6) is 0 Å². The lowest BCUT2D eigenvalue weighted by Gasteiger charge is -2.28. The lowest BCUT2D eigenvalue weighted by molar-refractivity contribution is -0.137. The number of hydrogen-bond donors (Lipinski definition) is 2. The maximum Gasteiger partial charge on any atom is 0.416 e. The van der Waals surface area contributed by atoms with Crippen LogP contribution in [0.25, 0.3) is 0 Å². The van der Waals surface area contributed by atoms with Gasteiger partial charge in [0.25, 0.3) is 0 Å². The van der Waals surface area contributed by atoms with Crippen molar-refractivity contribution in [2.45, 2.75) is 25.4 Å². The van der Waals surface area contributed by atoms with Crippen LogP contribution in [0.4, 0.5) is 13.2 Å². The maximum atomic E-state index is 12.5. The molecule has 0 bridgehead atoms.